The first-order valence-electron chi connectivity index (χ1n) is 14.2. The minimum absolute atomic E-state index is 0.0277. The summed E-state index contributed by atoms with van der Waals surface area (Å²) in [6, 6.07) is 15.8. The number of rotatable bonds is 4. The van der Waals surface area contributed by atoms with Gasteiger partial charge in [-0.15, -0.1) is 0 Å². The van der Waals surface area contributed by atoms with E-state index >= 15 is 0 Å². The van der Waals surface area contributed by atoms with Crippen LogP contribution in [-0.4, -0.2) is 40.1 Å². The maximum atomic E-state index is 13.6. The van der Waals surface area contributed by atoms with Gasteiger partial charge in [-0.25, -0.2) is 9.97 Å². The Hall–Kier alpha value is -3.21. The SMILES string of the molecule is CONCc1cccc(C2CCC3CN(c4nc(C(C)(C)C)ccc4C(=O)NSc4cccc(n4)N2)C(C)(C)C3)n1. The van der Waals surface area contributed by atoms with Gasteiger partial charge < -0.3 is 15.1 Å². The Morgan fingerprint density at radius 3 is 2.66 bits per heavy atom. The van der Waals surface area contributed by atoms with Crippen molar-refractivity contribution in [3.05, 3.63) is 71.2 Å². The second-order valence-electron chi connectivity index (χ2n) is 12.6. The molecule has 0 aliphatic carbocycles. The molecule has 9 nitrogen and oxygen atoms in total. The van der Waals surface area contributed by atoms with E-state index in [-0.39, 0.29) is 22.9 Å². The lowest BCUT2D eigenvalue weighted by molar-refractivity contribution is 0.0858. The van der Waals surface area contributed by atoms with Crippen LogP contribution < -0.4 is 20.4 Å². The van der Waals surface area contributed by atoms with Crippen molar-refractivity contribution in [2.75, 3.05) is 23.9 Å². The van der Waals surface area contributed by atoms with Crippen molar-refractivity contribution in [2.24, 2.45) is 5.92 Å². The summed E-state index contributed by atoms with van der Waals surface area (Å²) in [5.41, 5.74) is 6.04. The Morgan fingerprint density at radius 2 is 1.88 bits per heavy atom. The van der Waals surface area contributed by atoms with Crippen LogP contribution in [0.25, 0.3) is 0 Å². The quantitative estimate of drug-likeness (QED) is 0.263. The smallest absolute Gasteiger partial charge is 0.265 e. The number of carbonyl (C=O) groups is 1. The molecule has 3 aromatic heterocycles. The number of anilines is 2. The van der Waals surface area contributed by atoms with Gasteiger partial charge in [0.15, 0.2) is 0 Å². The number of amides is 1. The summed E-state index contributed by atoms with van der Waals surface area (Å²) in [5.74, 6) is 1.77. The van der Waals surface area contributed by atoms with Crippen LogP contribution in [0.1, 0.15) is 87.4 Å². The molecule has 4 bridgehead atoms. The fourth-order valence-corrected chi connectivity index (χ4v) is 6.32. The highest BCUT2D eigenvalue weighted by molar-refractivity contribution is 7.97. The lowest BCUT2D eigenvalue weighted by Gasteiger charge is -2.34. The zero-order valence-electron chi connectivity index (χ0n) is 24.8. The average Bonchev–Trinajstić information content (AvgIpc) is 3.25. The highest BCUT2D eigenvalue weighted by Crippen LogP contribution is 2.41. The molecule has 2 unspecified atom stereocenters. The average molecular weight is 576 g/mol. The molecule has 5 rings (SSSR count). The lowest BCUT2D eigenvalue weighted by atomic mass is 9.90. The van der Waals surface area contributed by atoms with Gasteiger partial charge in [-0.05, 0) is 75.4 Å². The summed E-state index contributed by atoms with van der Waals surface area (Å²) in [4.78, 5) is 35.8. The minimum Gasteiger partial charge on any atom is -0.362 e. The van der Waals surface area contributed by atoms with E-state index in [2.05, 4.69) is 61.1 Å². The Balaban J connectivity index is 1.52. The third-order valence-electron chi connectivity index (χ3n) is 7.84. The molecule has 0 radical (unpaired) electrons. The Bertz CT molecular complexity index is 1390. The number of fused-ring (bicyclic) bond motifs is 6. The molecule has 1 saturated heterocycles. The van der Waals surface area contributed by atoms with E-state index in [0.717, 1.165) is 54.5 Å². The second-order valence-corrected chi connectivity index (χ2v) is 13.4. The molecule has 3 aromatic rings. The van der Waals surface area contributed by atoms with Crippen LogP contribution in [0.15, 0.2) is 53.6 Å². The van der Waals surface area contributed by atoms with Crippen LogP contribution >= 0.6 is 11.9 Å². The molecule has 218 valence electrons. The molecule has 0 saturated carbocycles. The van der Waals surface area contributed by atoms with Gasteiger partial charge >= 0.3 is 0 Å². The molecule has 0 spiro atoms. The predicted octanol–water partition coefficient (Wildman–Crippen LogP) is 5.81. The first-order chi connectivity index (χ1) is 19.5. The van der Waals surface area contributed by atoms with Crippen molar-refractivity contribution in [2.45, 2.75) is 82.4 Å². The molecule has 41 heavy (non-hydrogen) atoms. The van der Waals surface area contributed by atoms with Crippen molar-refractivity contribution < 1.29 is 9.63 Å². The van der Waals surface area contributed by atoms with Crippen LogP contribution in [0, 0.1) is 5.92 Å². The van der Waals surface area contributed by atoms with Gasteiger partial charge in [0.2, 0.25) is 0 Å². The summed E-state index contributed by atoms with van der Waals surface area (Å²) >= 11 is 1.22. The van der Waals surface area contributed by atoms with Gasteiger partial charge in [0, 0.05) is 35.1 Å². The summed E-state index contributed by atoms with van der Waals surface area (Å²) in [5, 5.41) is 4.34. The third kappa shape index (κ3) is 6.82. The standard InChI is InChI=1S/C31H41N7O2S/c1-30(2,3)25-16-14-22-28(35-25)38-19-20(17-31(38,4)5)13-15-24(23-10-7-9-21(33-23)18-32-40-6)34-26-11-8-12-27(36-26)41-37-29(22)39/h7-12,14,16,20,24,32H,13,15,17-19H2,1-6H3,(H,34,36)(H,37,39). The fourth-order valence-electron chi connectivity index (χ4n) is 5.72. The lowest BCUT2D eigenvalue weighted by Crippen LogP contribution is -2.40. The molecular formula is C31H41N7O2S. The number of nitrogens with zero attached hydrogens (tertiary/aromatic N) is 4. The molecule has 0 aromatic carbocycles. The number of carbonyl (C=O) groups excluding carboxylic acids is 1. The summed E-state index contributed by atoms with van der Waals surface area (Å²) in [6.45, 7) is 12.3. The zero-order chi connectivity index (χ0) is 29.2. The number of pyridine rings is 3. The number of hydrogen-bond acceptors (Lipinski definition) is 9. The predicted molar refractivity (Wildman–Crippen MR) is 164 cm³/mol. The van der Waals surface area contributed by atoms with Gasteiger partial charge in [0.05, 0.1) is 36.6 Å². The molecule has 2 aliphatic rings. The second kappa shape index (κ2) is 12.0. The molecule has 1 amide bonds. The van der Waals surface area contributed by atoms with Crippen molar-refractivity contribution >= 4 is 29.5 Å². The van der Waals surface area contributed by atoms with Crippen LogP contribution in [0.4, 0.5) is 11.6 Å². The van der Waals surface area contributed by atoms with Gasteiger partial charge in [0.1, 0.15) is 16.7 Å². The zero-order valence-corrected chi connectivity index (χ0v) is 25.6. The van der Waals surface area contributed by atoms with Gasteiger partial charge in [0.25, 0.3) is 5.91 Å². The largest absolute Gasteiger partial charge is 0.362 e. The Kier molecular flexibility index (Phi) is 8.54. The molecular weight excluding hydrogens is 534 g/mol. The van der Waals surface area contributed by atoms with E-state index in [1.165, 1.54) is 11.9 Å². The first kappa shape index (κ1) is 29.3. The van der Waals surface area contributed by atoms with E-state index in [0.29, 0.717) is 23.1 Å². The maximum absolute atomic E-state index is 13.6. The summed E-state index contributed by atoms with van der Waals surface area (Å²) < 4.78 is 3.02. The van der Waals surface area contributed by atoms with Gasteiger partial charge in [-0.3, -0.25) is 14.5 Å². The molecule has 10 heteroatoms. The normalized spacial score (nSPS) is 20.8. The van der Waals surface area contributed by atoms with Crippen molar-refractivity contribution in [3.8, 4) is 0 Å². The molecule has 2 atom stereocenters. The van der Waals surface area contributed by atoms with Crippen LogP contribution in [0.5, 0.6) is 0 Å². The molecule has 3 N–H and O–H groups in total. The monoisotopic (exact) mass is 575 g/mol. The third-order valence-corrected chi connectivity index (χ3v) is 8.57. The number of hydrogen-bond donors (Lipinski definition) is 3. The van der Waals surface area contributed by atoms with Crippen LogP contribution in [0.2, 0.25) is 0 Å². The van der Waals surface area contributed by atoms with E-state index in [1.54, 1.807) is 7.11 Å². The first-order valence-corrected chi connectivity index (χ1v) is 15.1. The molecule has 2 aliphatic heterocycles. The highest BCUT2D eigenvalue weighted by Gasteiger charge is 2.41. The number of hydroxylamine groups is 1. The number of nitrogens with one attached hydrogen (secondary N) is 3. The van der Waals surface area contributed by atoms with E-state index < -0.39 is 0 Å². The Labute approximate surface area is 247 Å². The minimum atomic E-state index is -0.171. The Morgan fingerprint density at radius 1 is 1.07 bits per heavy atom. The topological polar surface area (TPSA) is 104 Å². The van der Waals surface area contributed by atoms with Crippen molar-refractivity contribution in [1.29, 1.82) is 0 Å². The van der Waals surface area contributed by atoms with Gasteiger partial charge in [-0.1, -0.05) is 32.9 Å². The summed E-state index contributed by atoms with van der Waals surface area (Å²) in [6.07, 6.45) is 2.89. The van der Waals surface area contributed by atoms with E-state index in [9.17, 15) is 4.79 Å². The summed E-state index contributed by atoms with van der Waals surface area (Å²) in [7, 11) is 1.61. The molecule has 1 fully saturated rings. The molecule has 5 heterocycles. The van der Waals surface area contributed by atoms with Crippen molar-refractivity contribution in [1.82, 2.24) is 25.2 Å². The fraction of sp³-hybridized carbons (Fsp3) is 0.484. The van der Waals surface area contributed by atoms with Crippen LogP contribution in [-0.2, 0) is 16.8 Å². The van der Waals surface area contributed by atoms with E-state index in [4.69, 9.17) is 19.8 Å². The van der Waals surface area contributed by atoms with Crippen LogP contribution in [0.3, 0.4) is 0 Å². The number of aromatic nitrogens is 3. The van der Waals surface area contributed by atoms with Gasteiger partial charge in [-0.2, -0.15) is 5.48 Å². The maximum Gasteiger partial charge on any atom is 0.265 e. The highest BCUT2D eigenvalue weighted by atomic mass is 32.2. The van der Waals surface area contributed by atoms with E-state index in [1.807, 2.05) is 42.5 Å². The van der Waals surface area contributed by atoms with Crippen molar-refractivity contribution in [3.63, 3.8) is 0 Å².